The molecule has 3 aromatic heterocycles. The third-order valence-corrected chi connectivity index (χ3v) is 7.73. The molecule has 0 unspecified atom stereocenters. The van der Waals surface area contributed by atoms with Crippen LogP contribution in [0.3, 0.4) is 0 Å². The lowest BCUT2D eigenvalue weighted by atomic mass is 10.2. The largest absolute Gasteiger partial charge is 0.376 e. The Bertz CT molecular complexity index is 1320. The van der Waals surface area contributed by atoms with Crippen LogP contribution in [0.25, 0.3) is 21.6 Å². The van der Waals surface area contributed by atoms with E-state index < -0.39 is 0 Å². The predicted octanol–water partition coefficient (Wildman–Crippen LogP) is 4.47. The van der Waals surface area contributed by atoms with E-state index in [1.54, 1.807) is 12.1 Å². The summed E-state index contributed by atoms with van der Waals surface area (Å²) in [6.45, 7) is 5.32. The van der Waals surface area contributed by atoms with Crippen LogP contribution in [0.15, 0.2) is 34.2 Å². The minimum absolute atomic E-state index is 0.0934. The van der Waals surface area contributed by atoms with Gasteiger partial charge in [0.25, 0.3) is 5.56 Å². The number of nitrogens with one attached hydrogen (secondary N) is 1. The highest BCUT2D eigenvalue weighted by molar-refractivity contribution is 7.98. The summed E-state index contributed by atoms with van der Waals surface area (Å²) >= 11 is 3.00. The van der Waals surface area contributed by atoms with Crippen molar-refractivity contribution in [1.82, 2.24) is 24.7 Å². The molecule has 0 saturated carbocycles. The quantitative estimate of drug-likeness (QED) is 0.418. The molecule has 1 fully saturated rings. The van der Waals surface area contributed by atoms with Crippen molar-refractivity contribution >= 4 is 33.3 Å². The van der Waals surface area contributed by atoms with Gasteiger partial charge in [-0.1, -0.05) is 11.8 Å². The molecule has 1 saturated heterocycles. The van der Waals surface area contributed by atoms with Crippen molar-refractivity contribution in [2.45, 2.75) is 50.2 Å². The van der Waals surface area contributed by atoms with Gasteiger partial charge >= 0.3 is 0 Å². The van der Waals surface area contributed by atoms with Gasteiger partial charge in [-0.3, -0.25) is 9.36 Å². The van der Waals surface area contributed by atoms with Crippen molar-refractivity contribution in [3.05, 3.63) is 56.7 Å². The van der Waals surface area contributed by atoms with Crippen molar-refractivity contribution in [3.63, 3.8) is 0 Å². The van der Waals surface area contributed by atoms with E-state index in [9.17, 15) is 9.18 Å². The van der Waals surface area contributed by atoms with Crippen LogP contribution >= 0.6 is 23.1 Å². The average Bonchev–Trinajstić information content (AvgIpc) is 3.49. The summed E-state index contributed by atoms with van der Waals surface area (Å²) in [5, 5.41) is 10.1. The van der Waals surface area contributed by atoms with Crippen molar-refractivity contribution in [2.75, 3.05) is 6.61 Å². The number of benzene rings is 1. The first-order chi connectivity index (χ1) is 15.5. The van der Waals surface area contributed by atoms with Gasteiger partial charge in [-0.15, -0.1) is 21.5 Å². The summed E-state index contributed by atoms with van der Waals surface area (Å²) in [4.78, 5) is 22.0. The highest BCUT2D eigenvalue weighted by Gasteiger charge is 2.22. The van der Waals surface area contributed by atoms with Crippen LogP contribution in [0.1, 0.15) is 29.1 Å². The molecule has 1 aliphatic heterocycles. The first kappa shape index (κ1) is 21.3. The molecule has 10 heteroatoms. The van der Waals surface area contributed by atoms with Crippen molar-refractivity contribution in [3.8, 4) is 11.4 Å². The number of hydrogen-bond acceptors (Lipinski definition) is 7. The van der Waals surface area contributed by atoms with Crippen LogP contribution < -0.4 is 5.56 Å². The summed E-state index contributed by atoms with van der Waals surface area (Å²) in [6, 6.07) is 6.24. The topological polar surface area (TPSA) is 85.7 Å². The monoisotopic (exact) mass is 471 g/mol. The minimum Gasteiger partial charge on any atom is -0.376 e. The maximum absolute atomic E-state index is 13.4. The number of ether oxygens (including phenoxy) is 1. The van der Waals surface area contributed by atoms with Crippen LogP contribution in [0.2, 0.25) is 0 Å². The Morgan fingerprint density at radius 2 is 2.09 bits per heavy atom. The summed E-state index contributed by atoms with van der Waals surface area (Å²) in [6.07, 6.45) is 2.11. The van der Waals surface area contributed by atoms with E-state index in [1.807, 2.05) is 18.4 Å². The molecule has 5 rings (SSSR count). The van der Waals surface area contributed by atoms with Crippen LogP contribution in [0.5, 0.6) is 0 Å². The first-order valence-electron chi connectivity index (χ1n) is 10.4. The van der Waals surface area contributed by atoms with Gasteiger partial charge in [0, 0.05) is 17.0 Å². The molecular weight excluding hydrogens is 449 g/mol. The molecule has 1 atom stereocenters. The van der Waals surface area contributed by atoms with E-state index >= 15 is 0 Å². The number of rotatable bonds is 6. The number of aromatic amines is 1. The van der Waals surface area contributed by atoms with Crippen molar-refractivity contribution < 1.29 is 9.13 Å². The number of aryl methyl sites for hydroxylation is 2. The van der Waals surface area contributed by atoms with Crippen LogP contribution in [0, 0.1) is 19.7 Å². The predicted molar refractivity (Wildman–Crippen MR) is 124 cm³/mol. The van der Waals surface area contributed by atoms with Crippen LogP contribution in [0.4, 0.5) is 4.39 Å². The van der Waals surface area contributed by atoms with E-state index in [0.29, 0.717) is 34.5 Å². The Balaban J connectivity index is 1.44. The number of thiophene rings is 1. The fraction of sp³-hybridized carbons (Fsp3) is 0.364. The molecular formula is C22H22FN5O2S2. The molecule has 32 heavy (non-hydrogen) atoms. The highest BCUT2D eigenvalue weighted by atomic mass is 32.2. The lowest BCUT2D eigenvalue weighted by Crippen LogP contribution is -2.17. The molecule has 1 N–H and O–H groups in total. The smallest absolute Gasteiger partial charge is 0.259 e. The van der Waals surface area contributed by atoms with Crippen molar-refractivity contribution in [1.29, 1.82) is 0 Å². The van der Waals surface area contributed by atoms with Gasteiger partial charge in [-0.2, -0.15) is 0 Å². The van der Waals surface area contributed by atoms with Gasteiger partial charge in [0.1, 0.15) is 16.5 Å². The van der Waals surface area contributed by atoms with E-state index in [2.05, 4.69) is 20.2 Å². The Kier molecular flexibility index (Phi) is 5.83. The second-order valence-corrected chi connectivity index (χ2v) is 9.97. The Morgan fingerprint density at radius 3 is 2.84 bits per heavy atom. The van der Waals surface area contributed by atoms with Gasteiger partial charge in [0.15, 0.2) is 11.0 Å². The fourth-order valence-electron chi connectivity index (χ4n) is 3.87. The third-order valence-electron chi connectivity index (χ3n) is 5.66. The zero-order chi connectivity index (χ0) is 22.2. The van der Waals surface area contributed by atoms with E-state index in [1.165, 1.54) is 35.2 Å². The molecule has 0 spiro atoms. The molecule has 0 aliphatic carbocycles. The summed E-state index contributed by atoms with van der Waals surface area (Å²) in [5.41, 5.74) is 1.67. The standard InChI is InChI=1S/C22H22FN5O2S2/c1-12-13(2)32-21-18(12)20(29)24-17(25-21)11-31-22-27-26-19(14-5-7-15(23)8-6-14)28(22)10-16-4-3-9-30-16/h5-8,16H,3-4,9-11H2,1-2H3,(H,24,25,29)/t16-/m0/s1. The average molecular weight is 472 g/mol. The number of fused-ring (bicyclic) bond motifs is 1. The molecule has 1 aliphatic rings. The molecule has 166 valence electrons. The lowest BCUT2D eigenvalue weighted by Gasteiger charge is -2.14. The van der Waals surface area contributed by atoms with Gasteiger partial charge in [-0.25, -0.2) is 9.37 Å². The first-order valence-corrected chi connectivity index (χ1v) is 12.2. The Labute approximate surface area is 192 Å². The molecule has 0 amide bonds. The fourth-order valence-corrected chi connectivity index (χ4v) is 5.73. The zero-order valence-electron chi connectivity index (χ0n) is 17.7. The second kappa shape index (κ2) is 8.76. The molecule has 4 heterocycles. The van der Waals surface area contributed by atoms with Gasteiger partial charge in [0.05, 0.1) is 23.8 Å². The van der Waals surface area contributed by atoms with E-state index in [4.69, 9.17) is 4.74 Å². The molecule has 0 bridgehead atoms. The van der Waals surface area contributed by atoms with Gasteiger partial charge < -0.3 is 9.72 Å². The number of halogens is 1. The Hall–Kier alpha value is -2.56. The second-order valence-electron chi connectivity index (χ2n) is 7.82. The number of H-pyrrole nitrogens is 1. The number of hydrogen-bond donors (Lipinski definition) is 1. The van der Waals surface area contributed by atoms with Crippen LogP contribution in [-0.4, -0.2) is 37.4 Å². The maximum Gasteiger partial charge on any atom is 0.259 e. The SMILES string of the molecule is Cc1sc2nc(CSc3nnc(-c4ccc(F)cc4)n3C[C@@H]3CCCO3)[nH]c(=O)c2c1C. The molecule has 7 nitrogen and oxygen atoms in total. The summed E-state index contributed by atoms with van der Waals surface area (Å²) < 4.78 is 21.3. The number of nitrogens with zero attached hydrogens (tertiary/aromatic N) is 4. The number of thioether (sulfide) groups is 1. The summed E-state index contributed by atoms with van der Waals surface area (Å²) in [7, 11) is 0. The van der Waals surface area contributed by atoms with Gasteiger partial charge in [-0.05, 0) is 56.5 Å². The highest BCUT2D eigenvalue weighted by Crippen LogP contribution is 2.29. The van der Waals surface area contributed by atoms with Gasteiger partial charge in [0.2, 0.25) is 0 Å². The minimum atomic E-state index is -0.294. The molecule has 0 radical (unpaired) electrons. The molecule has 1 aromatic carbocycles. The number of aromatic nitrogens is 5. The van der Waals surface area contributed by atoms with E-state index in [-0.39, 0.29) is 17.5 Å². The third kappa shape index (κ3) is 4.10. The zero-order valence-corrected chi connectivity index (χ0v) is 19.4. The Morgan fingerprint density at radius 1 is 1.28 bits per heavy atom. The van der Waals surface area contributed by atoms with Crippen LogP contribution in [-0.2, 0) is 17.0 Å². The maximum atomic E-state index is 13.4. The van der Waals surface area contributed by atoms with E-state index in [0.717, 1.165) is 40.3 Å². The van der Waals surface area contributed by atoms with Crippen molar-refractivity contribution in [2.24, 2.45) is 0 Å². The molecule has 4 aromatic rings. The summed E-state index contributed by atoms with van der Waals surface area (Å²) in [5.74, 6) is 1.43. The normalized spacial score (nSPS) is 16.3. The lowest BCUT2D eigenvalue weighted by molar-refractivity contribution is 0.0953.